The molecule has 3 aliphatic heterocycles. The first-order valence-electron chi connectivity index (χ1n) is 9.30. The molecule has 0 bridgehead atoms. The highest BCUT2D eigenvalue weighted by molar-refractivity contribution is 6.05. The van der Waals surface area contributed by atoms with E-state index in [0.717, 1.165) is 17.7 Å². The summed E-state index contributed by atoms with van der Waals surface area (Å²) < 4.78 is 0. The maximum Gasteiger partial charge on any atom is 0.255 e. The molecule has 4 N–H and O–H groups in total. The Morgan fingerprint density at radius 1 is 1.30 bits per heavy atom. The fourth-order valence-corrected chi connectivity index (χ4v) is 4.23. The number of carbonyl (C=O) groups excluding carboxylic acids is 3. The number of amides is 3. The Bertz CT molecular complexity index is 811. The average Bonchev–Trinajstić information content (AvgIpc) is 3.16. The lowest BCUT2D eigenvalue weighted by Crippen LogP contribution is -2.52. The van der Waals surface area contributed by atoms with E-state index in [1.807, 2.05) is 18.2 Å². The van der Waals surface area contributed by atoms with Crippen LogP contribution in [0.15, 0.2) is 18.2 Å². The third-order valence-electron chi connectivity index (χ3n) is 5.79. The predicted octanol–water partition coefficient (Wildman–Crippen LogP) is -0.657. The number of benzene rings is 1. The molecule has 0 radical (unpaired) electrons. The summed E-state index contributed by atoms with van der Waals surface area (Å²) in [7, 11) is 0. The average molecular weight is 372 g/mol. The van der Waals surface area contributed by atoms with Crippen molar-refractivity contribution in [2.24, 2.45) is 5.73 Å². The molecule has 8 nitrogen and oxygen atoms in total. The normalized spacial score (nSPS) is 28.6. The molecule has 1 aromatic carbocycles. The van der Waals surface area contributed by atoms with Gasteiger partial charge in [0.2, 0.25) is 11.8 Å². The van der Waals surface area contributed by atoms with E-state index in [4.69, 9.17) is 5.73 Å². The smallest absolute Gasteiger partial charge is 0.255 e. The molecule has 3 amide bonds. The van der Waals surface area contributed by atoms with Crippen LogP contribution in [0.1, 0.15) is 40.7 Å². The lowest BCUT2D eigenvalue weighted by atomic mass is 10.0. The van der Waals surface area contributed by atoms with Crippen molar-refractivity contribution in [3.8, 4) is 0 Å². The summed E-state index contributed by atoms with van der Waals surface area (Å²) in [5.41, 5.74) is 7.41. The van der Waals surface area contributed by atoms with E-state index in [9.17, 15) is 19.5 Å². The number of fused-ring (bicyclic) bond motifs is 1. The highest BCUT2D eigenvalue weighted by Gasteiger charge is 2.39. The van der Waals surface area contributed by atoms with Gasteiger partial charge >= 0.3 is 0 Å². The molecule has 27 heavy (non-hydrogen) atoms. The molecule has 144 valence electrons. The second-order valence-corrected chi connectivity index (χ2v) is 7.78. The van der Waals surface area contributed by atoms with Gasteiger partial charge in [-0.1, -0.05) is 12.1 Å². The fourth-order valence-electron chi connectivity index (χ4n) is 4.23. The van der Waals surface area contributed by atoms with Crippen LogP contribution in [0.25, 0.3) is 0 Å². The van der Waals surface area contributed by atoms with Crippen LogP contribution >= 0.6 is 0 Å². The number of nitrogens with two attached hydrogens (primary N) is 1. The van der Waals surface area contributed by atoms with E-state index in [-0.39, 0.29) is 24.8 Å². The number of likely N-dealkylation sites (tertiary alicyclic amines) is 1. The molecule has 8 heteroatoms. The number of imide groups is 1. The minimum absolute atomic E-state index is 0.162. The zero-order chi connectivity index (χ0) is 19.2. The van der Waals surface area contributed by atoms with Crippen molar-refractivity contribution in [1.29, 1.82) is 0 Å². The first kappa shape index (κ1) is 18.1. The fraction of sp³-hybridized carbons (Fsp3) is 0.526. The van der Waals surface area contributed by atoms with Crippen molar-refractivity contribution in [3.05, 3.63) is 34.9 Å². The van der Waals surface area contributed by atoms with Gasteiger partial charge in [0.05, 0.1) is 5.60 Å². The first-order valence-corrected chi connectivity index (χ1v) is 9.30. The SMILES string of the molecule is NCC1(O)CCN(Cc2ccc3c(c2)CN(C2CCC(=O)NC2=O)C3=O)C1. The van der Waals surface area contributed by atoms with Crippen LogP contribution in [-0.4, -0.2) is 63.9 Å². The molecule has 1 aromatic rings. The van der Waals surface area contributed by atoms with Gasteiger partial charge in [0.1, 0.15) is 6.04 Å². The third-order valence-corrected chi connectivity index (χ3v) is 5.79. The monoisotopic (exact) mass is 372 g/mol. The van der Waals surface area contributed by atoms with Crippen LogP contribution in [0.2, 0.25) is 0 Å². The van der Waals surface area contributed by atoms with Gasteiger partial charge in [0.15, 0.2) is 0 Å². The predicted molar refractivity (Wildman–Crippen MR) is 96.4 cm³/mol. The molecule has 3 heterocycles. The molecule has 2 unspecified atom stereocenters. The van der Waals surface area contributed by atoms with Gasteiger partial charge in [-0.15, -0.1) is 0 Å². The number of rotatable bonds is 4. The maximum atomic E-state index is 12.7. The zero-order valence-corrected chi connectivity index (χ0v) is 15.1. The summed E-state index contributed by atoms with van der Waals surface area (Å²) in [6.07, 6.45) is 1.28. The summed E-state index contributed by atoms with van der Waals surface area (Å²) in [6, 6.07) is 5.14. The van der Waals surface area contributed by atoms with Crippen molar-refractivity contribution in [2.45, 2.75) is 44.0 Å². The number of nitrogens with zero attached hydrogens (tertiary/aromatic N) is 2. The topological polar surface area (TPSA) is 116 Å². The van der Waals surface area contributed by atoms with Crippen LogP contribution in [0.5, 0.6) is 0 Å². The van der Waals surface area contributed by atoms with Crippen molar-refractivity contribution in [3.63, 3.8) is 0 Å². The minimum Gasteiger partial charge on any atom is -0.387 e. The van der Waals surface area contributed by atoms with Crippen LogP contribution in [0.3, 0.4) is 0 Å². The highest BCUT2D eigenvalue weighted by atomic mass is 16.3. The van der Waals surface area contributed by atoms with Crippen LogP contribution < -0.4 is 11.1 Å². The van der Waals surface area contributed by atoms with Crippen molar-refractivity contribution in [1.82, 2.24) is 15.1 Å². The third kappa shape index (κ3) is 3.36. The number of aliphatic hydroxyl groups is 1. The van der Waals surface area contributed by atoms with E-state index in [1.54, 1.807) is 4.90 Å². The van der Waals surface area contributed by atoms with Gasteiger partial charge in [-0.25, -0.2) is 0 Å². The number of β-amino-alcohol motifs (C(OH)–C–C–N with tert-alkyl or cyclic N) is 1. The van der Waals surface area contributed by atoms with Crippen LogP contribution in [-0.2, 0) is 22.7 Å². The van der Waals surface area contributed by atoms with Crippen LogP contribution in [0.4, 0.5) is 0 Å². The van der Waals surface area contributed by atoms with Crippen LogP contribution in [0, 0.1) is 0 Å². The molecule has 0 aliphatic carbocycles. The Morgan fingerprint density at radius 2 is 2.11 bits per heavy atom. The Morgan fingerprint density at radius 3 is 2.81 bits per heavy atom. The molecule has 2 saturated heterocycles. The number of carbonyl (C=O) groups is 3. The number of hydrogen-bond acceptors (Lipinski definition) is 6. The number of hydrogen-bond donors (Lipinski definition) is 3. The minimum atomic E-state index is -0.810. The Kier molecular flexibility index (Phi) is 4.49. The lowest BCUT2D eigenvalue weighted by molar-refractivity contribution is -0.136. The van der Waals surface area contributed by atoms with Gasteiger partial charge in [-0.3, -0.25) is 24.6 Å². The molecule has 0 saturated carbocycles. The summed E-state index contributed by atoms with van der Waals surface area (Å²) in [4.78, 5) is 39.9. The summed E-state index contributed by atoms with van der Waals surface area (Å²) in [5, 5.41) is 12.6. The van der Waals surface area contributed by atoms with Gasteiger partial charge < -0.3 is 15.7 Å². The highest BCUT2D eigenvalue weighted by Crippen LogP contribution is 2.29. The standard InChI is InChI=1S/C19H24N4O4/c20-10-19(27)5-6-22(11-19)8-12-1-2-14-13(7-12)9-23(18(14)26)15-3-4-16(24)21-17(15)25/h1-2,7,15,27H,3-6,8-11,20H2,(H,21,24,25). The molecular formula is C19H24N4O4. The van der Waals surface area contributed by atoms with E-state index >= 15 is 0 Å². The molecule has 2 fully saturated rings. The first-order chi connectivity index (χ1) is 12.9. The van der Waals surface area contributed by atoms with Crippen molar-refractivity contribution < 1.29 is 19.5 Å². The maximum absolute atomic E-state index is 12.7. The summed E-state index contributed by atoms with van der Waals surface area (Å²) in [5.74, 6) is -0.846. The quantitative estimate of drug-likeness (QED) is 0.605. The van der Waals surface area contributed by atoms with Gasteiger partial charge in [-0.2, -0.15) is 0 Å². The number of nitrogens with one attached hydrogen (secondary N) is 1. The summed E-state index contributed by atoms with van der Waals surface area (Å²) >= 11 is 0. The molecular weight excluding hydrogens is 348 g/mol. The lowest BCUT2D eigenvalue weighted by Gasteiger charge is -2.29. The van der Waals surface area contributed by atoms with Gasteiger partial charge in [0, 0.05) is 44.7 Å². The van der Waals surface area contributed by atoms with E-state index in [1.165, 1.54) is 0 Å². The Hall–Kier alpha value is -2.29. The molecule has 0 aromatic heterocycles. The molecule has 4 rings (SSSR count). The Labute approximate surface area is 157 Å². The van der Waals surface area contributed by atoms with Crippen molar-refractivity contribution >= 4 is 17.7 Å². The Balaban J connectivity index is 1.46. The molecule has 2 atom stereocenters. The summed E-state index contributed by atoms with van der Waals surface area (Å²) in [6.45, 7) is 2.64. The van der Waals surface area contributed by atoms with Gasteiger partial charge in [-0.05, 0) is 30.0 Å². The van der Waals surface area contributed by atoms with Crippen molar-refractivity contribution in [2.75, 3.05) is 19.6 Å². The van der Waals surface area contributed by atoms with E-state index in [0.29, 0.717) is 38.0 Å². The van der Waals surface area contributed by atoms with E-state index in [2.05, 4.69) is 10.2 Å². The zero-order valence-electron chi connectivity index (χ0n) is 15.1. The molecule has 0 spiro atoms. The largest absolute Gasteiger partial charge is 0.387 e. The van der Waals surface area contributed by atoms with E-state index < -0.39 is 17.6 Å². The second-order valence-electron chi connectivity index (χ2n) is 7.78. The van der Waals surface area contributed by atoms with Gasteiger partial charge in [0.25, 0.3) is 5.91 Å². The second kappa shape index (κ2) is 6.70. The number of piperidine rings is 1. The molecule has 3 aliphatic rings.